The average Bonchev–Trinajstić information content (AvgIpc) is 2.65. The summed E-state index contributed by atoms with van der Waals surface area (Å²) in [4.78, 5) is 4.27. The van der Waals surface area contributed by atoms with Crippen LogP contribution in [-0.2, 0) is 0 Å². The highest BCUT2D eigenvalue weighted by atomic mass is 32.1. The van der Waals surface area contributed by atoms with Crippen LogP contribution in [0.4, 0.5) is 13.8 Å². The molecule has 0 bridgehead atoms. The molecule has 1 heterocycles. The van der Waals surface area contributed by atoms with Crippen molar-refractivity contribution < 1.29 is 8.78 Å². The van der Waals surface area contributed by atoms with Crippen molar-refractivity contribution >= 4 is 16.3 Å². The van der Waals surface area contributed by atoms with E-state index in [1.54, 1.807) is 0 Å². The summed E-state index contributed by atoms with van der Waals surface area (Å²) in [6, 6.07) is 4.00. The van der Waals surface area contributed by atoms with E-state index in [1.807, 2.05) is 13.8 Å². The van der Waals surface area contributed by atoms with E-state index in [2.05, 4.69) is 4.98 Å². The molecular formula is C12H12F2N2S. The van der Waals surface area contributed by atoms with E-state index in [-0.39, 0.29) is 11.5 Å². The second-order valence-electron chi connectivity index (χ2n) is 4.02. The van der Waals surface area contributed by atoms with Crippen molar-refractivity contribution in [3.05, 3.63) is 34.8 Å². The lowest BCUT2D eigenvalue weighted by Crippen LogP contribution is -1.93. The molecule has 0 fully saturated rings. The third-order valence-corrected chi connectivity index (χ3v) is 3.56. The lowest BCUT2D eigenvalue weighted by Gasteiger charge is -2.01. The highest BCUT2D eigenvalue weighted by molar-refractivity contribution is 7.16. The van der Waals surface area contributed by atoms with Crippen LogP contribution >= 0.6 is 11.3 Å². The number of nitrogens with zero attached hydrogens (tertiary/aromatic N) is 1. The first-order valence-electron chi connectivity index (χ1n) is 5.21. The molecule has 1 aromatic heterocycles. The fourth-order valence-electron chi connectivity index (χ4n) is 1.48. The predicted octanol–water partition coefficient (Wildman–Crippen LogP) is 3.79. The lowest BCUT2D eigenvalue weighted by atomic mass is 10.1. The quantitative estimate of drug-likeness (QED) is 0.885. The average molecular weight is 254 g/mol. The minimum atomic E-state index is -0.903. The summed E-state index contributed by atoms with van der Waals surface area (Å²) in [5.41, 5.74) is 6.24. The molecule has 0 amide bonds. The van der Waals surface area contributed by atoms with Crippen molar-refractivity contribution in [3.63, 3.8) is 0 Å². The first-order valence-corrected chi connectivity index (χ1v) is 6.03. The van der Waals surface area contributed by atoms with Crippen molar-refractivity contribution in [2.45, 2.75) is 19.8 Å². The van der Waals surface area contributed by atoms with Crippen molar-refractivity contribution in [3.8, 4) is 11.3 Å². The molecule has 0 radical (unpaired) electrons. The van der Waals surface area contributed by atoms with Crippen molar-refractivity contribution in [1.29, 1.82) is 0 Å². The highest BCUT2D eigenvalue weighted by Gasteiger charge is 2.17. The number of hydrogen-bond donors (Lipinski definition) is 1. The van der Waals surface area contributed by atoms with Crippen LogP contribution in [0.25, 0.3) is 11.3 Å². The van der Waals surface area contributed by atoms with Gasteiger partial charge in [-0.2, -0.15) is 0 Å². The number of nitrogens with two attached hydrogens (primary N) is 1. The van der Waals surface area contributed by atoms with Gasteiger partial charge in [-0.1, -0.05) is 19.9 Å². The molecule has 2 N–H and O–H groups in total. The molecule has 0 spiro atoms. The molecule has 1 aromatic carbocycles. The smallest absolute Gasteiger partial charge is 0.168 e. The van der Waals surface area contributed by atoms with Crippen molar-refractivity contribution in [2.75, 3.05) is 5.73 Å². The largest absolute Gasteiger partial charge is 0.389 e. The molecule has 2 aromatic rings. The fourth-order valence-corrected chi connectivity index (χ4v) is 2.33. The number of aromatic nitrogens is 1. The molecule has 0 saturated heterocycles. The Morgan fingerprint density at radius 2 is 2.00 bits per heavy atom. The fraction of sp³-hybridized carbons (Fsp3) is 0.250. The summed E-state index contributed by atoms with van der Waals surface area (Å²) >= 11 is 1.31. The SMILES string of the molecule is CC(C)c1nc(-c2cccc(F)c2F)c(N)s1. The zero-order valence-corrected chi connectivity index (χ0v) is 10.3. The van der Waals surface area contributed by atoms with E-state index in [0.29, 0.717) is 10.7 Å². The molecule has 2 nitrogen and oxygen atoms in total. The van der Waals surface area contributed by atoms with Crippen LogP contribution in [0.2, 0.25) is 0 Å². The summed E-state index contributed by atoms with van der Waals surface area (Å²) in [6.45, 7) is 3.95. The van der Waals surface area contributed by atoms with Crippen LogP contribution in [-0.4, -0.2) is 4.98 Å². The summed E-state index contributed by atoms with van der Waals surface area (Å²) in [5, 5.41) is 1.24. The molecule has 0 aliphatic carbocycles. The maximum absolute atomic E-state index is 13.6. The number of halogens is 2. The molecule has 0 aliphatic heterocycles. The van der Waals surface area contributed by atoms with Crippen LogP contribution in [0.5, 0.6) is 0 Å². The molecule has 0 aliphatic rings. The van der Waals surface area contributed by atoms with Gasteiger partial charge in [0, 0.05) is 11.5 Å². The Labute approximate surface area is 102 Å². The Hall–Kier alpha value is -1.49. The van der Waals surface area contributed by atoms with Gasteiger partial charge < -0.3 is 5.73 Å². The van der Waals surface area contributed by atoms with Crippen LogP contribution < -0.4 is 5.73 Å². The summed E-state index contributed by atoms with van der Waals surface area (Å²) in [5.74, 6) is -1.58. The van der Waals surface area contributed by atoms with E-state index in [1.165, 1.54) is 23.5 Å². The highest BCUT2D eigenvalue weighted by Crippen LogP contribution is 2.35. The monoisotopic (exact) mass is 254 g/mol. The Morgan fingerprint density at radius 3 is 2.59 bits per heavy atom. The minimum absolute atomic E-state index is 0.116. The normalized spacial score (nSPS) is 11.1. The molecule has 5 heteroatoms. The van der Waals surface area contributed by atoms with Gasteiger partial charge in [0.05, 0.1) is 5.01 Å². The number of benzene rings is 1. The first kappa shape index (κ1) is 12.0. The summed E-state index contributed by atoms with van der Waals surface area (Å²) in [7, 11) is 0. The molecule has 2 rings (SSSR count). The van der Waals surface area contributed by atoms with Gasteiger partial charge in [0.2, 0.25) is 0 Å². The lowest BCUT2D eigenvalue weighted by molar-refractivity contribution is 0.511. The van der Waals surface area contributed by atoms with Gasteiger partial charge in [0.1, 0.15) is 10.7 Å². The number of nitrogen functional groups attached to an aromatic ring is 1. The molecule has 90 valence electrons. The summed E-state index contributed by atoms with van der Waals surface area (Å²) < 4.78 is 26.7. The molecule has 0 atom stereocenters. The zero-order chi connectivity index (χ0) is 12.6. The van der Waals surface area contributed by atoms with Crippen molar-refractivity contribution in [1.82, 2.24) is 4.98 Å². The molecule has 0 saturated carbocycles. The van der Waals surface area contributed by atoms with Crippen LogP contribution in [0.1, 0.15) is 24.8 Å². The van der Waals surface area contributed by atoms with Gasteiger partial charge in [0.15, 0.2) is 11.6 Å². The summed E-state index contributed by atoms with van der Waals surface area (Å²) in [6.07, 6.45) is 0. The first-order chi connectivity index (χ1) is 8.00. The number of rotatable bonds is 2. The van der Waals surface area contributed by atoms with E-state index in [0.717, 1.165) is 11.1 Å². The predicted molar refractivity (Wildman–Crippen MR) is 66.0 cm³/mol. The standard InChI is InChI=1S/C12H12F2N2S/c1-6(2)12-16-10(11(15)17-12)7-4-3-5-8(13)9(7)14/h3-6H,15H2,1-2H3. The van der Waals surface area contributed by atoms with Crippen LogP contribution in [0.15, 0.2) is 18.2 Å². The van der Waals surface area contributed by atoms with Gasteiger partial charge in [-0.05, 0) is 12.1 Å². The third kappa shape index (κ3) is 2.15. The van der Waals surface area contributed by atoms with Gasteiger partial charge in [-0.15, -0.1) is 11.3 Å². The van der Waals surface area contributed by atoms with E-state index < -0.39 is 11.6 Å². The van der Waals surface area contributed by atoms with Gasteiger partial charge in [-0.3, -0.25) is 0 Å². The maximum atomic E-state index is 13.6. The van der Waals surface area contributed by atoms with E-state index in [4.69, 9.17) is 5.73 Å². The Kier molecular flexibility index (Phi) is 3.11. The van der Waals surface area contributed by atoms with E-state index >= 15 is 0 Å². The topological polar surface area (TPSA) is 38.9 Å². The second kappa shape index (κ2) is 4.41. The molecule has 17 heavy (non-hydrogen) atoms. The minimum Gasteiger partial charge on any atom is -0.389 e. The maximum Gasteiger partial charge on any atom is 0.168 e. The van der Waals surface area contributed by atoms with Gasteiger partial charge >= 0.3 is 0 Å². The third-order valence-electron chi connectivity index (χ3n) is 2.37. The zero-order valence-electron chi connectivity index (χ0n) is 9.50. The number of hydrogen-bond acceptors (Lipinski definition) is 3. The number of anilines is 1. The van der Waals surface area contributed by atoms with Gasteiger partial charge in [-0.25, -0.2) is 13.8 Å². The molecule has 0 unspecified atom stereocenters. The Bertz CT molecular complexity index is 549. The van der Waals surface area contributed by atoms with E-state index in [9.17, 15) is 8.78 Å². The second-order valence-corrected chi connectivity index (χ2v) is 5.08. The van der Waals surface area contributed by atoms with Crippen LogP contribution in [0.3, 0.4) is 0 Å². The van der Waals surface area contributed by atoms with Gasteiger partial charge in [0.25, 0.3) is 0 Å². The Morgan fingerprint density at radius 1 is 1.29 bits per heavy atom. The van der Waals surface area contributed by atoms with Crippen molar-refractivity contribution in [2.24, 2.45) is 0 Å². The Balaban J connectivity index is 2.57. The number of thiazole rings is 1. The molecular weight excluding hydrogens is 242 g/mol. The van der Waals surface area contributed by atoms with Crippen LogP contribution in [0, 0.1) is 11.6 Å².